The summed E-state index contributed by atoms with van der Waals surface area (Å²) >= 11 is 0. The number of aryl methyl sites for hydroxylation is 1. The summed E-state index contributed by atoms with van der Waals surface area (Å²) in [7, 11) is -3.87. The van der Waals surface area contributed by atoms with E-state index >= 15 is 0 Å². The Bertz CT molecular complexity index is 1770. The van der Waals surface area contributed by atoms with Gasteiger partial charge in [0.2, 0.25) is 11.0 Å². The van der Waals surface area contributed by atoms with Gasteiger partial charge in [0.15, 0.2) is 0 Å². The number of nitrogens with two attached hydrogens (primary N) is 1. The predicted octanol–water partition coefficient (Wildman–Crippen LogP) is 4.24. The molecule has 0 radical (unpaired) electrons. The Labute approximate surface area is 260 Å². The quantitative estimate of drug-likeness (QED) is 0.286. The molecule has 236 valence electrons. The Morgan fingerprint density at radius 1 is 1.09 bits per heavy atom. The summed E-state index contributed by atoms with van der Waals surface area (Å²) in [6, 6.07) is 9.42. The van der Waals surface area contributed by atoms with Gasteiger partial charge in [0.05, 0.1) is 11.7 Å². The molecule has 2 aliphatic rings. The van der Waals surface area contributed by atoms with Crippen LogP contribution < -0.4 is 16.4 Å². The van der Waals surface area contributed by atoms with Crippen LogP contribution in [0, 0.1) is 36.2 Å². The van der Waals surface area contributed by atoms with Gasteiger partial charge in [-0.1, -0.05) is 30.0 Å². The second-order valence-electron chi connectivity index (χ2n) is 10.9. The Morgan fingerprint density at radius 2 is 1.82 bits per heavy atom. The van der Waals surface area contributed by atoms with Crippen LogP contribution in [0.1, 0.15) is 42.1 Å². The number of benzene rings is 2. The summed E-state index contributed by atoms with van der Waals surface area (Å²) in [6.45, 7) is 2.86. The molecule has 1 fully saturated rings. The molecule has 0 saturated carbocycles. The van der Waals surface area contributed by atoms with Crippen LogP contribution in [0.25, 0.3) is 0 Å². The second kappa shape index (κ2) is 13.9. The zero-order chi connectivity index (χ0) is 32.1. The van der Waals surface area contributed by atoms with Crippen molar-refractivity contribution in [3.05, 3.63) is 112 Å². The number of amides is 1. The van der Waals surface area contributed by atoms with Gasteiger partial charge < -0.3 is 20.8 Å². The Kier molecular flexibility index (Phi) is 9.94. The van der Waals surface area contributed by atoms with Crippen molar-refractivity contribution in [1.82, 2.24) is 14.9 Å². The summed E-state index contributed by atoms with van der Waals surface area (Å²) in [4.78, 5) is 13.6. The minimum absolute atomic E-state index is 0.112. The number of carbonyl (C=O) groups is 1. The number of hydrogen-bond donors (Lipinski definition) is 3. The van der Waals surface area contributed by atoms with Crippen LogP contribution in [0.3, 0.4) is 0 Å². The van der Waals surface area contributed by atoms with Crippen LogP contribution in [-0.4, -0.2) is 50.3 Å². The monoisotopic (exact) mass is 638 g/mol. The zero-order valence-corrected chi connectivity index (χ0v) is 25.3. The fourth-order valence-corrected chi connectivity index (χ4v) is 7.17. The maximum atomic E-state index is 14.2. The first-order valence-electron chi connectivity index (χ1n) is 14.5. The molecular formula is C33H33F3N4O4S. The van der Waals surface area contributed by atoms with Crippen LogP contribution in [0.4, 0.5) is 13.2 Å². The molecule has 3 aromatic rings. The van der Waals surface area contributed by atoms with Crippen LogP contribution >= 0.6 is 0 Å². The van der Waals surface area contributed by atoms with Gasteiger partial charge in [0.1, 0.15) is 23.2 Å². The summed E-state index contributed by atoms with van der Waals surface area (Å²) in [5.74, 6) is 2.75. The third-order valence-corrected chi connectivity index (χ3v) is 9.59. The highest BCUT2D eigenvalue weighted by Gasteiger charge is 2.35. The lowest BCUT2D eigenvalue weighted by atomic mass is 9.84. The lowest BCUT2D eigenvalue weighted by molar-refractivity contribution is -0.121. The predicted molar refractivity (Wildman–Crippen MR) is 163 cm³/mol. The van der Waals surface area contributed by atoms with Gasteiger partial charge in [0.25, 0.3) is 10.0 Å². The zero-order valence-electron chi connectivity index (χ0n) is 24.5. The summed E-state index contributed by atoms with van der Waals surface area (Å²) in [5, 5.41) is 5.96. The molecule has 0 bridgehead atoms. The normalized spacial score (nSPS) is 18.6. The van der Waals surface area contributed by atoms with E-state index in [9.17, 15) is 26.4 Å². The molecule has 1 aromatic heterocycles. The van der Waals surface area contributed by atoms with E-state index in [1.807, 2.05) is 0 Å². The highest BCUT2D eigenvalue weighted by molar-refractivity contribution is 7.89. The molecule has 4 N–H and O–H groups in total. The van der Waals surface area contributed by atoms with Gasteiger partial charge >= 0.3 is 0 Å². The van der Waals surface area contributed by atoms with Gasteiger partial charge in [-0.15, -0.1) is 0 Å². The van der Waals surface area contributed by atoms with Crippen molar-refractivity contribution in [3.8, 4) is 11.8 Å². The minimum Gasteiger partial charge on any atom is -0.449 e. The molecule has 8 nitrogen and oxygen atoms in total. The largest absolute Gasteiger partial charge is 0.449 e. The smallest absolute Gasteiger partial charge is 0.276 e. The van der Waals surface area contributed by atoms with Crippen molar-refractivity contribution in [2.45, 2.75) is 49.3 Å². The maximum absolute atomic E-state index is 14.2. The molecule has 5 rings (SSSR count). The first kappa shape index (κ1) is 32.2. The molecule has 1 aliphatic carbocycles. The van der Waals surface area contributed by atoms with Crippen LogP contribution in [-0.2, 0) is 14.8 Å². The number of hydrogen-bond acceptors (Lipinski definition) is 6. The summed E-state index contributed by atoms with van der Waals surface area (Å²) < 4.78 is 75.8. The molecule has 2 aromatic carbocycles. The van der Waals surface area contributed by atoms with Crippen molar-refractivity contribution >= 4 is 15.9 Å². The van der Waals surface area contributed by atoms with Crippen molar-refractivity contribution < 1.29 is 30.8 Å². The molecule has 0 spiro atoms. The first-order chi connectivity index (χ1) is 21.5. The van der Waals surface area contributed by atoms with Crippen LogP contribution in [0.2, 0.25) is 0 Å². The topological polar surface area (TPSA) is 118 Å². The van der Waals surface area contributed by atoms with E-state index in [0.717, 1.165) is 12.1 Å². The second-order valence-corrected chi connectivity index (χ2v) is 12.7. The summed E-state index contributed by atoms with van der Waals surface area (Å²) in [5.41, 5.74) is 7.94. The number of nitrogens with zero attached hydrogens (tertiary/aromatic N) is 1. The van der Waals surface area contributed by atoms with Crippen molar-refractivity contribution in [2.24, 2.45) is 5.73 Å². The molecule has 2 heterocycles. The van der Waals surface area contributed by atoms with Gasteiger partial charge in [-0.05, 0) is 73.4 Å². The van der Waals surface area contributed by atoms with Gasteiger partial charge in [0, 0.05) is 49.7 Å². The average molecular weight is 639 g/mol. The van der Waals surface area contributed by atoms with Crippen LogP contribution in [0.5, 0.6) is 0 Å². The van der Waals surface area contributed by atoms with Crippen molar-refractivity contribution in [3.63, 3.8) is 0 Å². The third-order valence-electron chi connectivity index (χ3n) is 7.76. The minimum atomic E-state index is -3.87. The Morgan fingerprint density at radius 3 is 2.51 bits per heavy atom. The number of carbonyl (C=O) groups excluding carboxylic acids is 1. The molecule has 3 atom stereocenters. The van der Waals surface area contributed by atoms with E-state index in [2.05, 4.69) is 22.5 Å². The van der Waals surface area contributed by atoms with Gasteiger partial charge in [-0.2, -0.15) is 4.31 Å². The molecular weight excluding hydrogens is 605 g/mol. The summed E-state index contributed by atoms with van der Waals surface area (Å²) in [6.07, 6.45) is 4.64. The Balaban J connectivity index is 1.38. The Hall–Kier alpha value is -4.15. The average Bonchev–Trinajstić information content (AvgIpc) is 3.34. The van der Waals surface area contributed by atoms with E-state index in [1.165, 1.54) is 34.6 Å². The highest BCUT2D eigenvalue weighted by Crippen LogP contribution is 2.30. The number of halogens is 3. The van der Waals surface area contributed by atoms with Crippen LogP contribution in [0.15, 0.2) is 87.5 Å². The standard InChI is InChI=1S/C33H33F3N4O4S/c1-21-7-14-30(44-21)45(42,43)40-16-15-38-20-28(40)13-10-22-5-3-2-4-6-29(22)39-33(41)32(37)31(23-8-11-25(34)12-9-23)24-17-26(35)19-27(36)18-24/h4,6-9,11-12,14,17-19,28,31-32,38H,2,10,13,15-16,20,37H2,1H3,(H,39,41)/t28-,31-,32-/m0/s1. The fraction of sp³-hybridized carbons (Fsp3) is 0.303. The number of piperazine rings is 1. The third kappa shape index (κ3) is 7.57. The molecule has 1 aliphatic heterocycles. The lowest BCUT2D eigenvalue weighted by Crippen LogP contribution is -2.53. The fourth-order valence-electron chi connectivity index (χ4n) is 5.56. The molecule has 1 amide bonds. The van der Waals surface area contributed by atoms with Gasteiger partial charge in [-0.3, -0.25) is 4.79 Å². The van der Waals surface area contributed by atoms with Crippen molar-refractivity contribution in [1.29, 1.82) is 0 Å². The first-order valence-corrected chi connectivity index (χ1v) is 15.9. The lowest BCUT2D eigenvalue weighted by Gasteiger charge is -2.34. The van der Waals surface area contributed by atoms with Crippen molar-refractivity contribution in [2.75, 3.05) is 19.6 Å². The molecule has 1 saturated heterocycles. The number of allylic oxidation sites excluding steroid dienone is 3. The van der Waals surface area contributed by atoms with Gasteiger partial charge in [-0.25, -0.2) is 21.6 Å². The van der Waals surface area contributed by atoms with E-state index < -0.39 is 51.4 Å². The SMILES string of the molecule is Cc1ccc(S(=O)(=O)N2CCNC[C@@H]2CCC2=C(NC(=O)[C@@H](N)[C@@H](c3ccc(F)cc3)c3cc(F)cc(F)c3)C=CCC#C2)o1. The molecule has 12 heteroatoms. The number of rotatable bonds is 10. The maximum Gasteiger partial charge on any atom is 0.276 e. The van der Waals surface area contributed by atoms with E-state index in [-0.39, 0.29) is 17.2 Å². The van der Waals surface area contributed by atoms with E-state index in [0.29, 0.717) is 61.0 Å². The van der Waals surface area contributed by atoms with E-state index in [1.54, 1.807) is 25.1 Å². The number of furan rings is 1. The molecule has 0 unspecified atom stereocenters. The van der Waals surface area contributed by atoms with E-state index in [4.69, 9.17) is 10.2 Å². The number of nitrogens with one attached hydrogen (secondary N) is 2. The number of sulfonamides is 1. The molecule has 45 heavy (non-hydrogen) atoms. The highest BCUT2D eigenvalue weighted by atomic mass is 32.2.